The van der Waals surface area contributed by atoms with Crippen molar-refractivity contribution in [3.63, 3.8) is 0 Å². The molecule has 1 aliphatic rings. The van der Waals surface area contributed by atoms with E-state index >= 15 is 0 Å². The van der Waals surface area contributed by atoms with Crippen molar-refractivity contribution in [2.45, 2.75) is 31.5 Å². The predicted molar refractivity (Wildman–Crippen MR) is 131 cm³/mol. The lowest BCUT2D eigenvalue weighted by molar-refractivity contribution is -0.142. The zero-order chi connectivity index (χ0) is 27.6. The van der Waals surface area contributed by atoms with Gasteiger partial charge in [-0.3, -0.25) is 4.79 Å². The molecule has 39 heavy (non-hydrogen) atoms. The van der Waals surface area contributed by atoms with Crippen LogP contribution in [0.4, 0.5) is 13.2 Å². The molecule has 1 fully saturated rings. The molecule has 0 radical (unpaired) electrons. The van der Waals surface area contributed by atoms with Crippen molar-refractivity contribution in [1.82, 2.24) is 29.8 Å². The summed E-state index contributed by atoms with van der Waals surface area (Å²) in [7, 11) is 0. The monoisotopic (exact) mass is 542 g/mol. The summed E-state index contributed by atoms with van der Waals surface area (Å²) in [5, 5.41) is 27.5. The average Bonchev–Trinajstić information content (AvgIpc) is 3.57. The number of rotatable bonds is 8. The summed E-state index contributed by atoms with van der Waals surface area (Å²) in [5.74, 6) is -1.03. The molecule has 13 heteroatoms. The minimum Gasteiger partial charge on any atom is -0.481 e. The van der Waals surface area contributed by atoms with E-state index in [9.17, 15) is 23.1 Å². The number of aliphatic hydroxyl groups is 1. The van der Waals surface area contributed by atoms with Gasteiger partial charge in [0.15, 0.2) is 11.5 Å². The number of carbonyl (C=O) groups is 1. The molecule has 1 saturated heterocycles. The number of carboxylic acid groups (broad SMARTS) is 1. The van der Waals surface area contributed by atoms with Gasteiger partial charge in [0, 0.05) is 31.3 Å². The normalized spacial score (nSPS) is 17.3. The standard InChI is InChI=1S/C26H25F3N6O4/c27-26(28,29)23-19(13-31-35(23)21-5-1-2-10-30-21)25-32-24(33-39-25)18-8-6-17(7-9-18)20(36)15-34-11-3-4-16(14-34)12-22(37)38/h1-2,5-10,13,16,20,36H,3-4,11-12,14-15H2,(H,37,38). The number of hydrogen-bond acceptors (Lipinski definition) is 8. The van der Waals surface area contributed by atoms with E-state index < -0.39 is 23.9 Å². The van der Waals surface area contributed by atoms with Gasteiger partial charge in [-0.2, -0.15) is 23.3 Å². The number of carboxylic acids is 1. The number of β-amino-alcohol motifs (C(OH)–C–C–N with tert-alkyl or cyclic N) is 1. The predicted octanol–water partition coefficient (Wildman–Crippen LogP) is 4.22. The molecule has 0 bridgehead atoms. The van der Waals surface area contributed by atoms with Gasteiger partial charge in [-0.05, 0) is 43.0 Å². The molecule has 0 spiro atoms. The van der Waals surface area contributed by atoms with Gasteiger partial charge >= 0.3 is 12.1 Å². The van der Waals surface area contributed by atoms with Crippen molar-refractivity contribution < 1.29 is 32.7 Å². The molecule has 1 aliphatic heterocycles. The summed E-state index contributed by atoms with van der Waals surface area (Å²) in [6.45, 7) is 1.76. The molecule has 10 nitrogen and oxygen atoms in total. The van der Waals surface area contributed by atoms with Crippen molar-refractivity contribution in [2.75, 3.05) is 19.6 Å². The van der Waals surface area contributed by atoms with Crippen molar-refractivity contribution in [2.24, 2.45) is 5.92 Å². The Balaban J connectivity index is 1.31. The molecule has 1 aromatic carbocycles. The van der Waals surface area contributed by atoms with E-state index in [1.165, 1.54) is 12.3 Å². The van der Waals surface area contributed by atoms with E-state index in [4.69, 9.17) is 9.63 Å². The number of likely N-dealkylation sites (tertiary alicyclic amines) is 1. The zero-order valence-corrected chi connectivity index (χ0v) is 20.6. The van der Waals surface area contributed by atoms with Gasteiger partial charge in [0.25, 0.3) is 5.89 Å². The summed E-state index contributed by atoms with van der Waals surface area (Å²) < 4.78 is 47.8. The first-order valence-electron chi connectivity index (χ1n) is 12.3. The van der Waals surface area contributed by atoms with Gasteiger partial charge in [0.2, 0.25) is 5.82 Å². The van der Waals surface area contributed by atoms with E-state index in [0.717, 1.165) is 25.6 Å². The Bertz CT molecular complexity index is 1420. The first-order valence-corrected chi connectivity index (χ1v) is 12.3. The van der Waals surface area contributed by atoms with Crippen LogP contribution in [0.3, 0.4) is 0 Å². The van der Waals surface area contributed by atoms with Crippen LogP contribution >= 0.6 is 0 Å². The van der Waals surface area contributed by atoms with Crippen LogP contribution < -0.4 is 0 Å². The number of pyridine rings is 1. The number of aliphatic hydroxyl groups excluding tert-OH is 1. The number of aliphatic carboxylic acids is 1. The molecule has 204 valence electrons. The minimum absolute atomic E-state index is 0.00748. The van der Waals surface area contributed by atoms with Crippen molar-refractivity contribution in [3.05, 3.63) is 66.1 Å². The van der Waals surface area contributed by atoms with E-state index in [0.29, 0.717) is 28.9 Å². The van der Waals surface area contributed by atoms with E-state index in [-0.39, 0.29) is 35.4 Å². The van der Waals surface area contributed by atoms with Crippen LogP contribution in [0.2, 0.25) is 0 Å². The second-order valence-corrected chi connectivity index (χ2v) is 9.43. The molecule has 2 N–H and O–H groups in total. The van der Waals surface area contributed by atoms with Gasteiger partial charge < -0.3 is 19.6 Å². The van der Waals surface area contributed by atoms with Crippen LogP contribution in [0.15, 0.2) is 59.4 Å². The maximum atomic E-state index is 14.0. The Labute approximate surface area is 220 Å². The molecule has 4 heterocycles. The molecule has 0 amide bonds. The Morgan fingerprint density at radius 2 is 1.97 bits per heavy atom. The minimum atomic E-state index is -4.77. The summed E-state index contributed by atoms with van der Waals surface area (Å²) >= 11 is 0. The van der Waals surface area contributed by atoms with E-state index in [2.05, 4.69) is 25.1 Å². The highest BCUT2D eigenvalue weighted by Gasteiger charge is 2.41. The topological polar surface area (TPSA) is 130 Å². The van der Waals surface area contributed by atoms with Crippen molar-refractivity contribution in [3.8, 4) is 28.7 Å². The highest BCUT2D eigenvalue weighted by atomic mass is 19.4. The number of alkyl halides is 3. The fourth-order valence-corrected chi connectivity index (χ4v) is 4.82. The Morgan fingerprint density at radius 1 is 1.18 bits per heavy atom. The van der Waals surface area contributed by atoms with E-state index in [1.807, 2.05) is 0 Å². The number of halogens is 3. The number of nitrogens with zero attached hydrogens (tertiary/aromatic N) is 6. The number of hydrogen-bond donors (Lipinski definition) is 2. The third-order valence-electron chi connectivity index (χ3n) is 6.61. The molecule has 2 unspecified atom stereocenters. The largest absolute Gasteiger partial charge is 0.481 e. The zero-order valence-electron chi connectivity index (χ0n) is 20.6. The Hall–Kier alpha value is -4.10. The SMILES string of the molecule is O=C(O)CC1CCCN(CC(O)c2ccc(-c3noc(-c4cnn(-c5ccccn5)c4C(F)(F)F)n3)cc2)C1. The van der Waals surface area contributed by atoms with Gasteiger partial charge in [-0.15, -0.1) is 0 Å². The van der Waals surface area contributed by atoms with Gasteiger partial charge in [0.05, 0.1) is 17.9 Å². The second kappa shape index (κ2) is 10.9. The molecule has 2 atom stereocenters. The van der Waals surface area contributed by atoms with Gasteiger partial charge in [-0.25, -0.2) is 9.67 Å². The fourth-order valence-electron chi connectivity index (χ4n) is 4.82. The molecular formula is C26H25F3N6O4. The van der Waals surface area contributed by atoms with Gasteiger partial charge in [-0.1, -0.05) is 35.5 Å². The van der Waals surface area contributed by atoms with Crippen LogP contribution in [-0.4, -0.2) is 65.6 Å². The maximum Gasteiger partial charge on any atom is 0.434 e. The number of benzene rings is 1. The Morgan fingerprint density at radius 3 is 2.67 bits per heavy atom. The molecular weight excluding hydrogens is 517 g/mol. The quantitative estimate of drug-likeness (QED) is 0.336. The average molecular weight is 543 g/mol. The highest BCUT2D eigenvalue weighted by Crippen LogP contribution is 2.38. The number of piperidine rings is 1. The first-order chi connectivity index (χ1) is 18.7. The summed E-state index contributed by atoms with van der Waals surface area (Å²) in [6.07, 6.45) is -1.34. The van der Waals surface area contributed by atoms with E-state index in [1.54, 1.807) is 36.4 Å². The lowest BCUT2D eigenvalue weighted by Gasteiger charge is -2.33. The van der Waals surface area contributed by atoms with Crippen molar-refractivity contribution in [1.29, 1.82) is 0 Å². The maximum absolute atomic E-state index is 14.0. The lowest BCUT2D eigenvalue weighted by atomic mass is 9.94. The molecule has 3 aromatic heterocycles. The fraction of sp³-hybridized carbons (Fsp3) is 0.346. The smallest absolute Gasteiger partial charge is 0.434 e. The van der Waals surface area contributed by atoms with Crippen LogP contribution in [-0.2, 0) is 11.0 Å². The van der Waals surface area contributed by atoms with Crippen LogP contribution in [0.1, 0.15) is 36.6 Å². The third kappa shape index (κ3) is 5.99. The first kappa shape index (κ1) is 26.5. The van der Waals surface area contributed by atoms with Gasteiger partial charge in [0.1, 0.15) is 0 Å². The molecule has 4 aromatic rings. The lowest BCUT2D eigenvalue weighted by Crippen LogP contribution is -2.38. The summed E-state index contributed by atoms with van der Waals surface area (Å²) in [4.78, 5) is 21.2. The van der Waals surface area contributed by atoms with Crippen molar-refractivity contribution >= 4 is 5.97 Å². The summed E-state index contributed by atoms with van der Waals surface area (Å²) in [5.41, 5.74) is -0.329. The molecule has 5 rings (SSSR count). The van der Waals surface area contributed by atoms with Crippen LogP contribution in [0, 0.1) is 5.92 Å². The molecule has 0 saturated carbocycles. The molecule has 0 aliphatic carbocycles. The highest BCUT2D eigenvalue weighted by molar-refractivity contribution is 5.67. The third-order valence-corrected chi connectivity index (χ3v) is 6.61. The van der Waals surface area contributed by atoms with Crippen LogP contribution in [0.25, 0.3) is 28.7 Å². The van der Waals surface area contributed by atoms with Crippen LogP contribution in [0.5, 0.6) is 0 Å². The number of aromatic nitrogens is 5. The summed E-state index contributed by atoms with van der Waals surface area (Å²) in [6, 6.07) is 11.2. The Kier molecular flexibility index (Phi) is 7.44. The second-order valence-electron chi connectivity index (χ2n) is 9.43.